The molecule has 0 saturated carbocycles. The molecule has 2 rings (SSSR count). The summed E-state index contributed by atoms with van der Waals surface area (Å²) in [6.45, 7) is 4.11. The van der Waals surface area contributed by atoms with Gasteiger partial charge in [-0.1, -0.05) is 0 Å². The first kappa shape index (κ1) is 13.2. The zero-order valence-corrected chi connectivity index (χ0v) is 11.2. The lowest BCUT2D eigenvalue weighted by molar-refractivity contribution is 0.321. The fourth-order valence-electron chi connectivity index (χ4n) is 2.02. The predicted octanol–water partition coefficient (Wildman–Crippen LogP) is 3.41. The van der Waals surface area contributed by atoms with Crippen molar-refractivity contribution in [2.24, 2.45) is 7.05 Å². The second-order valence-electron chi connectivity index (χ2n) is 4.28. The van der Waals surface area contributed by atoms with E-state index in [2.05, 4.69) is 6.07 Å². The van der Waals surface area contributed by atoms with Gasteiger partial charge in [-0.05, 0) is 38.1 Å². The molecule has 0 unspecified atom stereocenters. The maximum atomic E-state index is 13.8. The van der Waals surface area contributed by atoms with E-state index in [1.165, 1.54) is 6.07 Å². The minimum atomic E-state index is -0.392. The van der Waals surface area contributed by atoms with E-state index in [0.29, 0.717) is 12.2 Å². The summed E-state index contributed by atoms with van der Waals surface area (Å²) in [4.78, 5) is 0. The summed E-state index contributed by atoms with van der Waals surface area (Å²) in [5.74, 6) is -0.144. The SMILES string of the molecule is CCOc1ccc(-c2cc(C#N)c(C)n2C)cc1F. The van der Waals surface area contributed by atoms with Gasteiger partial charge in [0.1, 0.15) is 6.07 Å². The van der Waals surface area contributed by atoms with E-state index in [1.807, 2.05) is 25.5 Å². The molecule has 1 aromatic heterocycles. The van der Waals surface area contributed by atoms with Gasteiger partial charge in [-0.3, -0.25) is 0 Å². The molecule has 3 nitrogen and oxygen atoms in total. The number of ether oxygens (including phenoxy) is 1. The van der Waals surface area contributed by atoms with E-state index in [1.54, 1.807) is 18.2 Å². The number of aromatic nitrogens is 1. The number of nitrogens with zero attached hydrogens (tertiary/aromatic N) is 2. The van der Waals surface area contributed by atoms with Crippen LogP contribution >= 0.6 is 0 Å². The van der Waals surface area contributed by atoms with E-state index < -0.39 is 5.82 Å². The summed E-state index contributed by atoms with van der Waals surface area (Å²) in [5.41, 5.74) is 3.02. The highest BCUT2D eigenvalue weighted by Gasteiger charge is 2.12. The van der Waals surface area contributed by atoms with E-state index in [-0.39, 0.29) is 5.75 Å². The van der Waals surface area contributed by atoms with Crippen molar-refractivity contribution in [3.8, 4) is 23.1 Å². The van der Waals surface area contributed by atoms with Crippen molar-refractivity contribution >= 4 is 0 Å². The first-order chi connectivity index (χ1) is 9.08. The third-order valence-corrected chi connectivity index (χ3v) is 3.18. The standard InChI is InChI=1S/C15H15FN2O/c1-4-19-15-6-5-11(7-13(15)16)14-8-12(9-17)10(2)18(14)3/h5-8H,4H2,1-3H3. The zero-order chi connectivity index (χ0) is 14.0. The lowest BCUT2D eigenvalue weighted by atomic mass is 10.1. The minimum Gasteiger partial charge on any atom is -0.491 e. The molecule has 1 aromatic carbocycles. The van der Waals surface area contributed by atoms with Crippen LogP contribution in [0.15, 0.2) is 24.3 Å². The number of rotatable bonds is 3. The molecule has 0 atom stereocenters. The van der Waals surface area contributed by atoms with Crippen molar-refractivity contribution in [2.45, 2.75) is 13.8 Å². The fraction of sp³-hybridized carbons (Fsp3) is 0.267. The van der Waals surface area contributed by atoms with Crippen LogP contribution in [-0.4, -0.2) is 11.2 Å². The van der Waals surface area contributed by atoms with E-state index >= 15 is 0 Å². The molecule has 0 bridgehead atoms. The van der Waals surface area contributed by atoms with Gasteiger partial charge < -0.3 is 9.30 Å². The Bertz CT molecular complexity index is 653. The Labute approximate surface area is 111 Å². The first-order valence-corrected chi connectivity index (χ1v) is 6.07. The number of hydrogen-bond donors (Lipinski definition) is 0. The van der Waals surface area contributed by atoms with Crippen molar-refractivity contribution < 1.29 is 9.13 Å². The van der Waals surface area contributed by atoms with Crippen LogP contribution < -0.4 is 4.74 Å². The van der Waals surface area contributed by atoms with E-state index in [4.69, 9.17) is 10.00 Å². The second-order valence-corrected chi connectivity index (χ2v) is 4.28. The summed E-state index contributed by atoms with van der Waals surface area (Å²) < 4.78 is 20.9. The molecule has 0 amide bonds. The average Bonchev–Trinajstić information content (AvgIpc) is 2.69. The highest BCUT2D eigenvalue weighted by Crippen LogP contribution is 2.28. The fourth-order valence-corrected chi connectivity index (χ4v) is 2.02. The summed E-state index contributed by atoms with van der Waals surface area (Å²) in [6, 6.07) is 8.74. The molecule has 1 heterocycles. The quantitative estimate of drug-likeness (QED) is 0.846. The topological polar surface area (TPSA) is 37.9 Å². The van der Waals surface area contributed by atoms with Gasteiger partial charge in [-0.2, -0.15) is 5.26 Å². The Morgan fingerprint density at radius 3 is 2.63 bits per heavy atom. The number of benzene rings is 1. The first-order valence-electron chi connectivity index (χ1n) is 6.07. The molecule has 2 aromatic rings. The van der Waals surface area contributed by atoms with Gasteiger partial charge in [0.25, 0.3) is 0 Å². The van der Waals surface area contributed by atoms with Crippen LogP contribution in [0.1, 0.15) is 18.2 Å². The third kappa shape index (κ3) is 2.32. The number of halogens is 1. The molecular weight excluding hydrogens is 243 g/mol. The van der Waals surface area contributed by atoms with Crippen molar-refractivity contribution in [1.29, 1.82) is 5.26 Å². The molecule has 0 fully saturated rings. The molecule has 4 heteroatoms. The van der Waals surface area contributed by atoms with Crippen LogP contribution in [0.4, 0.5) is 4.39 Å². The van der Waals surface area contributed by atoms with Gasteiger partial charge in [-0.25, -0.2) is 4.39 Å². The maximum Gasteiger partial charge on any atom is 0.165 e. The maximum absolute atomic E-state index is 13.8. The molecule has 0 radical (unpaired) electrons. The molecule has 0 aliphatic rings. The molecular formula is C15H15FN2O. The van der Waals surface area contributed by atoms with Crippen LogP contribution in [0.5, 0.6) is 5.75 Å². The Hall–Kier alpha value is -2.28. The van der Waals surface area contributed by atoms with Gasteiger partial charge in [0, 0.05) is 24.0 Å². The van der Waals surface area contributed by atoms with Crippen LogP contribution in [0.25, 0.3) is 11.3 Å². The van der Waals surface area contributed by atoms with Crippen LogP contribution in [-0.2, 0) is 7.05 Å². The molecule has 0 spiro atoms. The third-order valence-electron chi connectivity index (χ3n) is 3.18. The lowest BCUT2D eigenvalue weighted by Gasteiger charge is -2.08. The monoisotopic (exact) mass is 258 g/mol. The highest BCUT2D eigenvalue weighted by molar-refractivity contribution is 5.65. The van der Waals surface area contributed by atoms with Gasteiger partial charge in [-0.15, -0.1) is 0 Å². The lowest BCUT2D eigenvalue weighted by Crippen LogP contribution is -1.97. The Morgan fingerprint density at radius 1 is 1.37 bits per heavy atom. The summed E-state index contributed by atoms with van der Waals surface area (Å²) >= 11 is 0. The van der Waals surface area contributed by atoms with Crippen molar-refractivity contribution in [1.82, 2.24) is 4.57 Å². The molecule has 98 valence electrons. The highest BCUT2D eigenvalue weighted by atomic mass is 19.1. The van der Waals surface area contributed by atoms with Gasteiger partial charge in [0.05, 0.1) is 12.2 Å². The van der Waals surface area contributed by atoms with E-state index in [9.17, 15) is 4.39 Å². The Morgan fingerprint density at radius 2 is 2.11 bits per heavy atom. The zero-order valence-electron chi connectivity index (χ0n) is 11.2. The average molecular weight is 258 g/mol. The van der Waals surface area contributed by atoms with Crippen LogP contribution in [0.2, 0.25) is 0 Å². The van der Waals surface area contributed by atoms with E-state index in [0.717, 1.165) is 17.0 Å². The minimum absolute atomic E-state index is 0.248. The summed E-state index contributed by atoms with van der Waals surface area (Å²) in [5, 5.41) is 9.01. The normalized spacial score (nSPS) is 10.3. The van der Waals surface area contributed by atoms with Crippen molar-refractivity contribution in [3.63, 3.8) is 0 Å². The van der Waals surface area contributed by atoms with Crippen LogP contribution in [0, 0.1) is 24.1 Å². The van der Waals surface area contributed by atoms with Crippen molar-refractivity contribution in [2.75, 3.05) is 6.61 Å². The molecule has 19 heavy (non-hydrogen) atoms. The molecule has 0 aliphatic carbocycles. The second kappa shape index (κ2) is 5.15. The Kier molecular flexibility index (Phi) is 3.57. The predicted molar refractivity (Wildman–Crippen MR) is 71.4 cm³/mol. The van der Waals surface area contributed by atoms with Crippen molar-refractivity contribution in [3.05, 3.63) is 41.3 Å². The van der Waals surface area contributed by atoms with Gasteiger partial charge in [0.2, 0.25) is 0 Å². The van der Waals surface area contributed by atoms with Gasteiger partial charge >= 0.3 is 0 Å². The summed E-state index contributed by atoms with van der Waals surface area (Å²) in [7, 11) is 1.86. The molecule has 0 aliphatic heterocycles. The molecule has 0 saturated heterocycles. The van der Waals surface area contributed by atoms with Crippen LogP contribution in [0.3, 0.4) is 0 Å². The van der Waals surface area contributed by atoms with Gasteiger partial charge in [0.15, 0.2) is 11.6 Å². The number of nitriles is 1. The summed E-state index contributed by atoms with van der Waals surface area (Å²) in [6.07, 6.45) is 0. The Balaban J connectivity index is 2.49. The number of hydrogen-bond acceptors (Lipinski definition) is 2. The largest absolute Gasteiger partial charge is 0.491 e. The smallest absolute Gasteiger partial charge is 0.165 e. The molecule has 0 N–H and O–H groups in total.